The molecule has 0 spiro atoms. The Morgan fingerprint density at radius 1 is 1.34 bits per heavy atom. The number of nitrogens with one attached hydrogen (secondary N) is 2. The van der Waals surface area contributed by atoms with Crippen LogP contribution in [0, 0.1) is 0 Å². The number of hydrogen-bond acceptors (Lipinski definition) is 6. The molecule has 0 aliphatic heterocycles. The highest BCUT2D eigenvalue weighted by atomic mass is 79.9. The number of halogens is 1. The summed E-state index contributed by atoms with van der Waals surface area (Å²) in [5.41, 5.74) is 0.379. The van der Waals surface area contributed by atoms with E-state index >= 15 is 0 Å². The molecule has 0 aliphatic rings. The number of carbonyl (C=O) groups is 2. The van der Waals surface area contributed by atoms with E-state index in [1.807, 2.05) is 13.0 Å². The van der Waals surface area contributed by atoms with Gasteiger partial charge in [-0.05, 0) is 45.4 Å². The Balaban J connectivity index is 2.31. The van der Waals surface area contributed by atoms with Crippen molar-refractivity contribution < 1.29 is 14.3 Å². The zero-order valence-corrected chi connectivity index (χ0v) is 19.1. The fourth-order valence-corrected chi connectivity index (χ4v) is 3.85. The van der Waals surface area contributed by atoms with Crippen LogP contribution in [0.5, 0.6) is 0 Å². The summed E-state index contributed by atoms with van der Waals surface area (Å²) in [4.78, 5) is 41.6. The van der Waals surface area contributed by atoms with Crippen LogP contribution in [0.1, 0.15) is 27.2 Å². The predicted molar refractivity (Wildman–Crippen MR) is 117 cm³/mol. The number of amides is 3. The highest BCUT2D eigenvalue weighted by Gasteiger charge is 2.21. The molecule has 8 nitrogen and oxygen atoms in total. The first-order valence-corrected chi connectivity index (χ1v) is 11.1. The molecule has 3 amide bonds. The van der Waals surface area contributed by atoms with Gasteiger partial charge >= 0.3 is 6.03 Å². The standard InChI is InChI=1S/C19H25BrN4O4S/c1-4-21-18(27)23-16(25)12(3)29-19-22-15-8-7-13(20)11-14(15)17(26)24(19)9-6-10-28-5-2/h7-8,11-12H,4-6,9-10H2,1-3H3,(H2,21,23,25,27). The quantitative estimate of drug-likeness (QED) is 0.322. The van der Waals surface area contributed by atoms with Crippen LogP contribution >= 0.6 is 27.7 Å². The van der Waals surface area contributed by atoms with Crippen LogP contribution in [0.25, 0.3) is 10.9 Å². The predicted octanol–water partition coefficient (Wildman–Crippen LogP) is 2.91. The zero-order chi connectivity index (χ0) is 21.4. The molecular weight excluding hydrogens is 460 g/mol. The third kappa shape index (κ3) is 6.55. The molecule has 1 aromatic carbocycles. The molecule has 10 heteroatoms. The summed E-state index contributed by atoms with van der Waals surface area (Å²) in [5.74, 6) is -0.452. The molecule has 0 aliphatic carbocycles. The number of urea groups is 1. The third-order valence-corrected chi connectivity index (χ3v) is 5.56. The van der Waals surface area contributed by atoms with Crippen LogP contribution in [0.4, 0.5) is 4.79 Å². The largest absolute Gasteiger partial charge is 0.382 e. The maximum atomic E-state index is 13.1. The number of imide groups is 1. The second-order valence-electron chi connectivity index (χ2n) is 6.17. The summed E-state index contributed by atoms with van der Waals surface area (Å²) >= 11 is 4.53. The van der Waals surface area contributed by atoms with Gasteiger partial charge in [-0.2, -0.15) is 0 Å². The number of rotatable bonds is 9. The second-order valence-corrected chi connectivity index (χ2v) is 8.40. The lowest BCUT2D eigenvalue weighted by molar-refractivity contribution is -0.119. The fraction of sp³-hybridized carbons (Fsp3) is 0.474. The average Bonchev–Trinajstić information content (AvgIpc) is 2.67. The van der Waals surface area contributed by atoms with Crippen LogP contribution in [-0.2, 0) is 16.1 Å². The summed E-state index contributed by atoms with van der Waals surface area (Å²) in [7, 11) is 0. The molecule has 1 atom stereocenters. The lowest BCUT2D eigenvalue weighted by Crippen LogP contribution is -2.42. The molecular formula is C19H25BrN4O4S. The van der Waals surface area contributed by atoms with Gasteiger partial charge in [-0.15, -0.1) is 0 Å². The van der Waals surface area contributed by atoms with Crippen molar-refractivity contribution >= 4 is 50.5 Å². The van der Waals surface area contributed by atoms with Crippen LogP contribution < -0.4 is 16.2 Å². The van der Waals surface area contributed by atoms with Gasteiger partial charge in [0.05, 0.1) is 16.2 Å². The van der Waals surface area contributed by atoms with Crippen LogP contribution in [0.3, 0.4) is 0 Å². The van der Waals surface area contributed by atoms with E-state index < -0.39 is 17.2 Å². The number of aromatic nitrogens is 2. The van der Waals surface area contributed by atoms with Gasteiger partial charge in [0.2, 0.25) is 5.91 Å². The molecule has 1 unspecified atom stereocenters. The number of nitrogens with zero attached hydrogens (tertiary/aromatic N) is 2. The molecule has 1 heterocycles. The molecule has 0 radical (unpaired) electrons. The smallest absolute Gasteiger partial charge is 0.321 e. The van der Waals surface area contributed by atoms with E-state index in [0.29, 0.717) is 48.8 Å². The van der Waals surface area contributed by atoms with E-state index in [-0.39, 0.29) is 5.56 Å². The Labute approximate surface area is 181 Å². The Morgan fingerprint density at radius 3 is 2.79 bits per heavy atom. The van der Waals surface area contributed by atoms with E-state index in [9.17, 15) is 14.4 Å². The lowest BCUT2D eigenvalue weighted by Gasteiger charge is -2.16. The van der Waals surface area contributed by atoms with Gasteiger partial charge in [-0.3, -0.25) is 19.5 Å². The molecule has 0 saturated heterocycles. The van der Waals surface area contributed by atoms with Crippen molar-refractivity contribution in [3.8, 4) is 0 Å². The van der Waals surface area contributed by atoms with Crippen molar-refractivity contribution in [2.45, 2.75) is 44.1 Å². The van der Waals surface area contributed by atoms with Gasteiger partial charge in [-0.1, -0.05) is 27.7 Å². The van der Waals surface area contributed by atoms with E-state index in [1.165, 1.54) is 0 Å². The molecule has 1 aromatic heterocycles. The normalized spacial score (nSPS) is 12.0. The molecule has 0 bridgehead atoms. The molecule has 0 saturated carbocycles. The van der Waals surface area contributed by atoms with Gasteiger partial charge in [0.25, 0.3) is 5.56 Å². The molecule has 2 rings (SSSR count). The Kier molecular flexibility index (Phi) is 9.12. The average molecular weight is 485 g/mol. The number of hydrogen-bond donors (Lipinski definition) is 2. The summed E-state index contributed by atoms with van der Waals surface area (Å²) in [6, 6.07) is 4.77. The molecule has 2 N–H and O–H groups in total. The van der Waals surface area contributed by atoms with Crippen LogP contribution in [0.15, 0.2) is 32.6 Å². The SMILES string of the molecule is CCNC(=O)NC(=O)C(C)Sc1nc2ccc(Br)cc2c(=O)n1CCCOCC. The molecule has 29 heavy (non-hydrogen) atoms. The number of benzene rings is 1. The number of thioether (sulfide) groups is 1. The summed E-state index contributed by atoms with van der Waals surface area (Å²) < 4.78 is 7.72. The highest BCUT2D eigenvalue weighted by molar-refractivity contribution is 9.10. The van der Waals surface area contributed by atoms with Crippen molar-refractivity contribution in [3.05, 3.63) is 33.0 Å². The maximum absolute atomic E-state index is 13.1. The van der Waals surface area contributed by atoms with E-state index in [0.717, 1.165) is 16.2 Å². The van der Waals surface area contributed by atoms with Crippen molar-refractivity contribution in [2.75, 3.05) is 19.8 Å². The van der Waals surface area contributed by atoms with Crippen molar-refractivity contribution in [1.82, 2.24) is 20.2 Å². The van der Waals surface area contributed by atoms with E-state index in [4.69, 9.17) is 4.74 Å². The first-order chi connectivity index (χ1) is 13.9. The molecule has 158 valence electrons. The highest BCUT2D eigenvalue weighted by Crippen LogP contribution is 2.24. The Morgan fingerprint density at radius 2 is 2.10 bits per heavy atom. The lowest BCUT2D eigenvalue weighted by atomic mass is 10.2. The maximum Gasteiger partial charge on any atom is 0.321 e. The van der Waals surface area contributed by atoms with Crippen molar-refractivity contribution in [1.29, 1.82) is 0 Å². The minimum absolute atomic E-state index is 0.174. The van der Waals surface area contributed by atoms with Gasteiger partial charge in [0.15, 0.2) is 5.16 Å². The first-order valence-electron chi connectivity index (χ1n) is 9.40. The zero-order valence-electron chi connectivity index (χ0n) is 16.7. The van der Waals surface area contributed by atoms with Gasteiger partial charge in [-0.25, -0.2) is 9.78 Å². The summed E-state index contributed by atoms with van der Waals surface area (Å²) in [5, 5.41) is 5.12. The Bertz CT molecular complexity index is 934. The number of fused-ring (bicyclic) bond motifs is 1. The monoisotopic (exact) mass is 484 g/mol. The fourth-order valence-electron chi connectivity index (χ4n) is 2.56. The summed E-state index contributed by atoms with van der Waals surface area (Å²) in [6.07, 6.45) is 0.641. The Hall–Kier alpha value is -1.91. The second kappa shape index (κ2) is 11.3. The van der Waals surface area contributed by atoms with Gasteiger partial charge in [0.1, 0.15) is 0 Å². The van der Waals surface area contributed by atoms with Crippen molar-refractivity contribution in [2.24, 2.45) is 0 Å². The minimum atomic E-state index is -0.615. The van der Waals surface area contributed by atoms with Crippen LogP contribution in [0.2, 0.25) is 0 Å². The number of ether oxygens (including phenoxy) is 1. The van der Waals surface area contributed by atoms with Crippen LogP contribution in [-0.4, -0.2) is 46.5 Å². The minimum Gasteiger partial charge on any atom is -0.382 e. The first kappa shape index (κ1) is 23.4. The number of carbonyl (C=O) groups excluding carboxylic acids is 2. The van der Waals surface area contributed by atoms with Gasteiger partial charge in [0, 0.05) is 30.8 Å². The van der Waals surface area contributed by atoms with E-state index in [2.05, 4.69) is 31.5 Å². The van der Waals surface area contributed by atoms with E-state index in [1.54, 1.807) is 30.5 Å². The topological polar surface area (TPSA) is 102 Å². The molecule has 0 fully saturated rings. The third-order valence-electron chi connectivity index (χ3n) is 3.98. The summed E-state index contributed by atoms with van der Waals surface area (Å²) in [6.45, 7) is 7.32. The van der Waals surface area contributed by atoms with Gasteiger partial charge < -0.3 is 10.1 Å². The van der Waals surface area contributed by atoms with Crippen molar-refractivity contribution in [3.63, 3.8) is 0 Å². The molecule has 2 aromatic rings.